The number of ether oxygens (including phenoxy) is 4. The van der Waals surface area contributed by atoms with Crippen LogP contribution in [0.2, 0.25) is 5.02 Å². The molecule has 0 bridgehead atoms. The zero-order valence-electron chi connectivity index (χ0n) is 20.6. The first kappa shape index (κ1) is 26.2. The zero-order chi connectivity index (χ0) is 25.5. The molecule has 7 nitrogen and oxygen atoms in total. The van der Waals surface area contributed by atoms with Crippen LogP contribution < -0.4 is 14.8 Å². The van der Waals surface area contributed by atoms with Crippen molar-refractivity contribution in [3.8, 4) is 11.5 Å². The van der Waals surface area contributed by atoms with Crippen LogP contribution in [0.1, 0.15) is 44.7 Å². The molecule has 2 aromatic carbocycles. The van der Waals surface area contributed by atoms with Crippen molar-refractivity contribution in [2.75, 3.05) is 20.3 Å². The molecule has 0 unspecified atom stereocenters. The van der Waals surface area contributed by atoms with E-state index in [4.69, 9.17) is 30.5 Å². The normalized spacial score (nSPS) is 13.9. The number of methoxy groups -OCH3 is 1. The quantitative estimate of drug-likeness (QED) is 0.469. The maximum absolute atomic E-state index is 13.0. The van der Waals surface area contributed by atoms with E-state index in [-0.39, 0.29) is 13.2 Å². The molecule has 0 atom stereocenters. The van der Waals surface area contributed by atoms with Crippen LogP contribution in [0.3, 0.4) is 0 Å². The van der Waals surface area contributed by atoms with Crippen molar-refractivity contribution in [2.45, 2.75) is 40.2 Å². The minimum atomic E-state index is -0.700. The Balaban J connectivity index is 2.02. The van der Waals surface area contributed by atoms with Gasteiger partial charge >= 0.3 is 11.9 Å². The average molecular weight is 500 g/mol. The lowest BCUT2D eigenvalue weighted by molar-refractivity contribution is -0.139. The Hall–Kier alpha value is -3.45. The predicted molar refractivity (Wildman–Crippen MR) is 133 cm³/mol. The molecular weight excluding hydrogens is 470 g/mol. The van der Waals surface area contributed by atoms with Crippen LogP contribution in [0.4, 0.5) is 0 Å². The van der Waals surface area contributed by atoms with Crippen LogP contribution in [-0.4, -0.2) is 32.3 Å². The van der Waals surface area contributed by atoms with Gasteiger partial charge in [0.25, 0.3) is 0 Å². The molecule has 0 amide bonds. The van der Waals surface area contributed by atoms with Gasteiger partial charge in [0, 0.05) is 16.4 Å². The summed E-state index contributed by atoms with van der Waals surface area (Å²) in [5, 5.41) is 3.78. The van der Waals surface area contributed by atoms with Crippen LogP contribution in [0.5, 0.6) is 11.5 Å². The molecular formula is C27H30ClNO6. The monoisotopic (exact) mass is 499 g/mol. The highest BCUT2D eigenvalue weighted by molar-refractivity contribution is 6.30. The second kappa shape index (κ2) is 11.8. The Morgan fingerprint density at radius 3 is 1.97 bits per heavy atom. The standard InChI is InChI=1S/C27H30ClNO6/c1-6-33-26(30)23-16(3)29-17(4)24(27(31)34-7-2)25(23)19-10-13-21(22(14-19)32-5)35-15-18-8-11-20(28)12-9-18/h8-14,25,29H,6-7,15H2,1-5H3. The van der Waals surface area contributed by atoms with Gasteiger partial charge in [-0.05, 0) is 63.1 Å². The summed E-state index contributed by atoms with van der Waals surface area (Å²) in [5.74, 6) is -0.708. The van der Waals surface area contributed by atoms with E-state index in [1.807, 2.05) is 18.2 Å². The lowest BCUT2D eigenvalue weighted by Crippen LogP contribution is -2.32. The molecule has 0 saturated heterocycles. The number of nitrogens with one attached hydrogen (secondary N) is 1. The summed E-state index contributed by atoms with van der Waals surface area (Å²) in [6.07, 6.45) is 0. The lowest BCUT2D eigenvalue weighted by Gasteiger charge is -2.30. The van der Waals surface area contributed by atoms with E-state index in [1.165, 1.54) is 7.11 Å². The molecule has 1 N–H and O–H groups in total. The van der Waals surface area contributed by atoms with E-state index in [0.29, 0.717) is 51.2 Å². The van der Waals surface area contributed by atoms with E-state index in [9.17, 15) is 9.59 Å². The highest BCUT2D eigenvalue weighted by atomic mass is 35.5. The average Bonchev–Trinajstić information content (AvgIpc) is 2.83. The number of hydrogen-bond acceptors (Lipinski definition) is 7. The SMILES string of the molecule is CCOC(=O)C1=C(C)NC(C)=C(C(=O)OCC)C1c1ccc(OCc2ccc(Cl)cc2)c(OC)c1. The zero-order valence-corrected chi connectivity index (χ0v) is 21.3. The van der Waals surface area contributed by atoms with Crippen LogP contribution in [0.25, 0.3) is 0 Å². The van der Waals surface area contributed by atoms with Gasteiger partial charge in [-0.25, -0.2) is 9.59 Å². The van der Waals surface area contributed by atoms with Crippen LogP contribution >= 0.6 is 11.6 Å². The topological polar surface area (TPSA) is 83.1 Å². The van der Waals surface area contributed by atoms with Crippen molar-refractivity contribution < 1.29 is 28.5 Å². The number of halogens is 1. The number of benzene rings is 2. The maximum atomic E-state index is 13.0. The summed E-state index contributed by atoms with van der Waals surface area (Å²) >= 11 is 5.96. The Labute approximate surface area is 210 Å². The number of carbonyl (C=O) groups is 2. The minimum Gasteiger partial charge on any atom is -0.493 e. The molecule has 0 fully saturated rings. The van der Waals surface area contributed by atoms with Crippen LogP contribution in [0, 0.1) is 0 Å². The molecule has 0 spiro atoms. The molecule has 1 heterocycles. The fraction of sp³-hybridized carbons (Fsp3) is 0.333. The van der Waals surface area contributed by atoms with Crippen molar-refractivity contribution in [1.82, 2.24) is 5.32 Å². The van der Waals surface area contributed by atoms with E-state index >= 15 is 0 Å². The Kier molecular flexibility index (Phi) is 8.82. The molecule has 0 aliphatic carbocycles. The first-order valence-electron chi connectivity index (χ1n) is 11.4. The Morgan fingerprint density at radius 2 is 1.46 bits per heavy atom. The number of esters is 2. The van der Waals surface area contributed by atoms with Gasteiger partial charge in [-0.15, -0.1) is 0 Å². The fourth-order valence-corrected chi connectivity index (χ4v) is 4.14. The molecule has 8 heteroatoms. The molecule has 1 aliphatic heterocycles. The maximum Gasteiger partial charge on any atom is 0.336 e. The van der Waals surface area contributed by atoms with Crippen molar-refractivity contribution in [1.29, 1.82) is 0 Å². The number of hydrogen-bond donors (Lipinski definition) is 1. The van der Waals surface area contributed by atoms with E-state index in [1.54, 1.807) is 52.0 Å². The third-order valence-electron chi connectivity index (χ3n) is 5.58. The molecule has 2 aromatic rings. The third-order valence-corrected chi connectivity index (χ3v) is 5.83. The summed E-state index contributed by atoms with van der Waals surface area (Å²) in [5.41, 5.74) is 3.54. The van der Waals surface area contributed by atoms with Crippen molar-refractivity contribution in [3.63, 3.8) is 0 Å². The molecule has 0 saturated carbocycles. The number of dihydropyridines is 1. The van der Waals surface area contributed by atoms with Crippen molar-refractivity contribution >= 4 is 23.5 Å². The van der Waals surface area contributed by atoms with Gasteiger partial charge in [0.15, 0.2) is 11.5 Å². The van der Waals surface area contributed by atoms with Crippen molar-refractivity contribution in [3.05, 3.63) is 81.2 Å². The first-order chi connectivity index (χ1) is 16.8. The molecule has 3 rings (SSSR count). The van der Waals surface area contributed by atoms with Gasteiger partial charge in [-0.1, -0.05) is 29.8 Å². The fourth-order valence-electron chi connectivity index (χ4n) is 4.01. The van der Waals surface area contributed by atoms with Gasteiger partial charge in [0.1, 0.15) is 6.61 Å². The predicted octanol–water partition coefficient (Wildman–Crippen LogP) is 5.29. The first-order valence-corrected chi connectivity index (χ1v) is 11.8. The summed E-state index contributed by atoms with van der Waals surface area (Å²) in [6.45, 7) is 7.78. The van der Waals surface area contributed by atoms with Gasteiger partial charge in [0.05, 0.1) is 37.4 Å². The highest BCUT2D eigenvalue weighted by Crippen LogP contribution is 2.42. The largest absolute Gasteiger partial charge is 0.493 e. The smallest absolute Gasteiger partial charge is 0.336 e. The molecule has 35 heavy (non-hydrogen) atoms. The highest BCUT2D eigenvalue weighted by Gasteiger charge is 2.38. The second-order valence-corrected chi connectivity index (χ2v) is 8.34. The van der Waals surface area contributed by atoms with Gasteiger partial charge in [0.2, 0.25) is 0 Å². The summed E-state index contributed by atoms with van der Waals surface area (Å²) in [7, 11) is 1.54. The Morgan fingerprint density at radius 1 is 0.886 bits per heavy atom. The number of carbonyl (C=O) groups excluding carboxylic acids is 2. The van der Waals surface area contributed by atoms with Crippen LogP contribution in [-0.2, 0) is 25.7 Å². The number of rotatable bonds is 9. The molecule has 0 aromatic heterocycles. The Bertz CT molecular complexity index is 1110. The van der Waals surface area contributed by atoms with Gasteiger partial charge in [-0.3, -0.25) is 0 Å². The third kappa shape index (κ3) is 5.98. The summed E-state index contributed by atoms with van der Waals surface area (Å²) < 4.78 is 22.2. The summed E-state index contributed by atoms with van der Waals surface area (Å²) in [4.78, 5) is 25.9. The number of allylic oxidation sites excluding steroid dienone is 2. The molecule has 186 valence electrons. The van der Waals surface area contributed by atoms with Crippen LogP contribution in [0.15, 0.2) is 65.0 Å². The van der Waals surface area contributed by atoms with E-state index in [2.05, 4.69) is 5.32 Å². The lowest BCUT2D eigenvalue weighted by atomic mass is 9.80. The van der Waals surface area contributed by atoms with Crippen molar-refractivity contribution in [2.24, 2.45) is 0 Å². The minimum absolute atomic E-state index is 0.209. The second-order valence-electron chi connectivity index (χ2n) is 7.90. The molecule has 0 radical (unpaired) electrons. The van der Waals surface area contributed by atoms with Gasteiger partial charge in [-0.2, -0.15) is 0 Å². The van der Waals surface area contributed by atoms with E-state index in [0.717, 1.165) is 5.56 Å². The van der Waals surface area contributed by atoms with E-state index < -0.39 is 17.9 Å². The van der Waals surface area contributed by atoms with Gasteiger partial charge < -0.3 is 24.3 Å². The summed E-state index contributed by atoms with van der Waals surface area (Å²) in [6, 6.07) is 12.7. The molecule has 1 aliphatic rings.